The van der Waals surface area contributed by atoms with Crippen molar-refractivity contribution in [2.75, 3.05) is 0 Å². The summed E-state index contributed by atoms with van der Waals surface area (Å²) in [7, 11) is 0. The van der Waals surface area contributed by atoms with E-state index in [4.69, 9.17) is 16.0 Å². The lowest BCUT2D eigenvalue weighted by molar-refractivity contribution is -0.132. The summed E-state index contributed by atoms with van der Waals surface area (Å²) in [5, 5.41) is 10.00. The summed E-state index contributed by atoms with van der Waals surface area (Å²) in [6, 6.07) is 15.5. The Bertz CT molecular complexity index is 1160. The Hall–Kier alpha value is -3.12. The second-order valence-corrected chi connectivity index (χ2v) is 7.73. The van der Waals surface area contributed by atoms with Crippen LogP contribution in [0.1, 0.15) is 24.3 Å². The quantitative estimate of drug-likeness (QED) is 0.507. The molecular weight excluding hydrogens is 388 g/mol. The molecule has 0 unspecified atom stereocenters. The number of halogens is 1. The number of aromatic nitrogens is 3. The van der Waals surface area contributed by atoms with E-state index in [0.717, 1.165) is 34.9 Å². The first-order valence-electron chi connectivity index (χ1n) is 9.60. The Kier molecular flexibility index (Phi) is 4.56. The maximum atomic E-state index is 13.1. The molecule has 0 bridgehead atoms. The minimum absolute atomic E-state index is 0.0727. The van der Waals surface area contributed by atoms with E-state index in [-0.39, 0.29) is 11.9 Å². The highest BCUT2D eigenvalue weighted by Gasteiger charge is 2.34. The van der Waals surface area contributed by atoms with E-state index in [2.05, 4.69) is 15.2 Å². The molecule has 0 aliphatic heterocycles. The molecule has 1 amide bonds. The number of nitrogens with zero attached hydrogens (tertiary/aromatic N) is 3. The molecule has 0 atom stereocenters. The number of benzene rings is 2. The zero-order chi connectivity index (χ0) is 19.8. The topological polar surface area (TPSA) is 75.0 Å². The average Bonchev–Trinajstić information content (AvgIpc) is 3.33. The second kappa shape index (κ2) is 7.37. The van der Waals surface area contributed by atoms with Gasteiger partial charge in [-0.25, -0.2) is 0 Å². The summed E-state index contributed by atoms with van der Waals surface area (Å²) in [6.07, 6.45) is 4.29. The molecule has 2 aromatic heterocycles. The van der Waals surface area contributed by atoms with Gasteiger partial charge in [0.25, 0.3) is 0 Å². The third-order valence-corrected chi connectivity index (χ3v) is 5.44. The molecule has 0 radical (unpaired) electrons. The maximum Gasteiger partial charge on any atom is 0.247 e. The summed E-state index contributed by atoms with van der Waals surface area (Å²) >= 11 is 5.93. The number of hydrogen-bond acceptors (Lipinski definition) is 4. The van der Waals surface area contributed by atoms with Gasteiger partial charge in [0.1, 0.15) is 0 Å². The Morgan fingerprint density at radius 2 is 1.93 bits per heavy atom. The van der Waals surface area contributed by atoms with Crippen LogP contribution in [-0.4, -0.2) is 32.0 Å². The summed E-state index contributed by atoms with van der Waals surface area (Å²) in [4.78, 5) is 18.2. The van der Waals surface area contributed by atoms with Crippen LogP contribution in [0.5, 0.6) is 0 Å². The predicted octanol–water partition coefficient (Wildman–Crippen LogP) is 4.61. The third kappa shape index (κ3) is 3.76. The van der Waals surface area contributed by atoms with Gasteiger partial charge < -0.3 is 14.3 Å². The molecule has 5 rings (SSSR count). The predicted molar refractivity (Wildman–Crippen MR) is 110 cm³/mol. The number of para-hydroxylation sites is 1. The minimum atomic E-state index is 0.0727. The van der Waals surface area contributed by atoms with Crippen molar-refractivity contribution in [3.63, 3.8) is 0 Å². The summed E-state index contributed by atoms with van der Waals surface area (Å²) in [5.74, 6) is 0.939. The lowest BCUT2D eigenvalue weighted by Crippen LogP contribution is -2.33. The molecule has 1 N–H and O–H groups in total. The van der Waals surface area contributed by atoms with Gasteiger partial charge in [0.2, 0.25) is 17.7 Å². The molecule has 146 valence electrons. The van der Waals surface area contributed by atoms with Crippen molar-refractivity contribution in [3.8, 4) is 11.5 Å². The summed E-state index contributed by atoms with van der Waals surface area (Å²) in [6.45, 7) is 0.326. The normalized spacial score (nSPS) is 13.7. The molecule has 4 aromatic rings. The van der Waals surface area contributed by atoms with E-state index in [1.165, 1.54) is 0 Å². The fraction of sp³-hybridized carbons (Fsp3) is 0.227. The SMILES string of the molecule is O=C(Cc1c[nH]c2ccccc12)N(Cc1nnc(-c2ccc(Cl)cc2)o1)C1CC1. The van der Waals surface area contributed by atoms with Crippen molar-refractivity contribution < 1.29 is 9.21 Å². The molecule has 29 heavy (non-hydrogen) atoms. The highest BCUT2D eigenvalue weighted by molar-refractivity contribution is 6.30. The van der Waals surface area contributed by atoms with Gasteiger partial charge in [0, 0.05) is 33.7 Å². The smallest absolute Gasteiger partial charge is 0.247 e. The summed E-state index contributed by atoms with van der Waals surface area (Å²) in [5.41, 5.74) is 2.85. The highest BCUT2D eigenvalue weighted by Crippen LogP contribution is 2.30. The molecule has 1 saturated carbocycles. The molecule has 1 aliphatic carbocycles. The van der Waals surface area contributed by atoms with E-state index in [0.29, 0.717) is 29.8 Å². The molecule has 1 fully saturated rings. The molecule has 2 aromatic carbocycles. The zero-order valence-electron chi connectivity index (χ0n) is 15.6. The molecular formula is C22H19ClN4O2. The highest BCUT2D eigenvalue weighted by atomic mass is 35.5. The van der Waals surface area contributed by atoms with E-state index in [1.807, 2.05) is 47.5 Å². The lowest BCUT2D eigenvalue weighted by Gasteiger charge is -2.20. The molecule has 0 spiro atoms. The lowest BCUT2D eigenvalue weighted by atomic mass is 10.1. The zero-order valence-corrected chi connectivity index (χ0v) is 16.4. The minimum Gasteiger partial charge on any atom is -0.419 e. The van der Waals surface area contributed by atoms with Crippen molar-refractivity contribution in [1.29, 1.82) is 0 Å². The van der Waals surface area contributed by atoms with Crippen LogP contribution in [0.2, 0.25) is 5.02 Å². The summed E-state index contributed by atoms with van der Waals surface area (Å²) < 4.78 is 5.81. The van der Waals surface area contributed by atoms with Crippen molar-refractivity contribution in [1.82, 2.24) is 20.1 Å². The number of amides is 1. The van der Waals surface area contributed by atoms with Crippen molar-refractivity contribution >= 4 is 28.4 Å². The van der Waals surface area contributed by atoms with Crippen molar-refractivity contribution in [2.45, 2.75) is 31.8 Å². The number of carbonyl (C=O) groups is 1. The van der Waals surface area contributed by atoms with E-state index >= 15 is 0 Å². The fourth-order valence-corrected chi connectivity index (χ4v) is 3.65. The van der Waals surface area contributed by atoms with Gasteiger partial charge in [0.05, 0.1) is 13.0 Å². The Labute approximate surface area is 172 Å². The Morgan fingerprint density at radius 1 is 1.14 bits per heavy atom. The van der Waals surface area contributed by atoms with Crippen LogP contribution >= 0.6 is 11.6 Å². The van der Waals surface area contributed by atoms with Gasteiger partial charge >= 0.3 is 0 Å². The van der Waals surface area contributed by atoms with Gasteiger partial charge in [0.15, 0.2) is 0 Å². The van der Waals surface area contributed by atoms with E-state index in [1.54, 1.807) is 12.1 Å². The van der Waals surface area contributed by atoms with Crippen LogP contribution in [0.25, 0.3) is 22.4 Å². The first kappa shape index (κ1) is 17.9. The van der Waals surface area contributed by atoms with Gasteiger partial charge in [-0.2, -0.15) is 0 Å². The van der Waals surface area contributed by atoms with E-state index in [9.17, 15) is 4.79 Å². The number of fused-ring (bicyclic) bond motifs is 1. The largest absolute Gasteiger partial charge is 0.419 e. The van der Waals surface area contributed by atoms with Gasteiger partial charge in [-0.05, 0) is 48.7 Å². The Morgan fingerprint density at radius 3 is 2.72 bits per heavy atom. The monoisotopic (exact) mass is 406 g/mol. The third-order valence-electron chi connectivity index (χ3n) is 5.19. The number of carbonyl (C=O) groups excluding carboxylic acids is 1. The average molecular weight is 407 g/mol. The number of nitrogens with one attached hydrogen (secondary N) is 1. The van der Waals surface area contributed by atoms with E-state index < -0.39 is 0 Å². The van der Waals surface area contributed by atoms with Crippen LogP contribution < -0.4 is 0 Å². The number of H-pyrrole nitrogens is 1. The first-order valence-corrected chi connectivity index (χ1v) is 9.98. The van der Waals surface area contributed by atoms with Crippen LogP contribution in [0.3, 0.4) is 0 Å². The fourth-order valence-electron chi connectivity index (χ4n) is 3.52. The Balaban J connectivity index is 1.33. The second-order valence-electron chi connectivity index (χ2n) is 7.30. The van der Waals surface area contributed by atoms with Crippen LogP contribution in [0, 0.1) is 0 Å². The van der Waals surface area contributed by atoms with Gasteiger partial charge in [-0.3, -0.25) is 4.79 Å². The number of rotatable bonds is 6. The first-order chi connectivity index (χ1) is 14.2. The molecule has 6 nitrogen and oxygen atoms in total. The van der Waals surface area contributed by atoms with Gasteiger partial charge in [-0.1, -0.05) is 29.8 Å². The molecule has 2 heterocycles. The number of aromatic amines is 1. The van der Waals surface area contributed by atoms with Crippen molar-refractivity contribution in [3.05, 3.63) is 71.2 Å². The van der Waals surface area contributed by atoms with Crippen molar-refractivity contribution in [2.24, 2.45) is 0 Å². The number of hydrogen-bond donors (Lipinski definition) is 1. The van der Waals surface area contributed by atoms with Crippen LogP contribution in [-0.2, 0) is 17.8 Å². The van der Waals surface area contributed by atoms with Gasteiger partial charge in [-0.15, -0.1) is 10.2 Å². The standard InChI is InChI=1S/C22H19ClN4O2/c23-16-7-5-14(6-8-16)22-26-25-20(29-22)13-27(17-9-10-17)21(28)11-15-12-24-19-4-2-1-3-18(15)19/h1-8,12,17,24H,9-11,13H2. The molecule has 7 heteroatoms. The van der Waals surface area contributed by atoms with Crippen LogP contribution in [0.15, 0.2) is 59.1 Å². The van der Waals surface area contributed by atoms with Crippen LogP contribution in [0.4, 0.5) is 0 Å². The molecule has 1 aliphatic rings. The molecule has 0 saturated heterocycles. The maximum absolute atomic E-state index is 13.1.